The third kappa shape index (κ3) is 3.41. The van der Waals surface area contributed by atoms with Gasteiger partial charge >= 0.3 is 0 Å². The van der Waals surface area contributed by atoms with Crippen LogP contribution < -0.4 is 14.2 Å². The van der Waals surface area contributed by atoms with Gasteiger partial charge in [-0.05, 0) is 44.2 Å². The molecule has 2 atom stereocenters. The number of aliphatic hydroxyl groups is 1. The van der Waals surface area contributed by atoms with Crippen molar-refractivity contribution in [1.29, 1.82) is 0 Å². The third-order valence-corrected chi connectivity index (χ3v) is 7.98. The molecule has 1 aliphatic rings. The number of alkyl halides is 1. The Hall–Kier alpha value is -1.77. The van der Waals surface area contributed by atoms with E-state index in [2.05, 4.69) is 15.9 Å². The lowest BCUT2D eigenvalue weighted by atomic mass is 9.91. The molecule has 2 unspecified atom stereocenters. The monoisotopic (exact) mass is 456 g/mol. The Morgan fingerprint density at radius 1 is 1.11 bits per heavy atom. The van der Waals surface area contributed by atoms with E-state index in [9.17, 15) is 13.5 Å². The van der Waals surface area contributed by atoms with Crippen LogP contribution in [0.3, 0.4) is 0 Å². The predicted octanol–water partition coefficient (Wildman–Crippen LogP) is 3.50. The maximum Gasteiger partial charge on any atom is 0.210 e. The Bertz CT molecular complexity index is 953. The highest BCUT2D eigenvalue weighted by Crippen LogP contribution is 2.47. The third-order valence-electron chi connectivity index (χ3n) is 4.59. The lowest BCUT2D eigenvalue weighted by molar-refractivity contribution is 0.0221. The van der Waals surface area contributed by atoms with Gasteiger partial charge in [-0.2, -0.15) is 0 Å². The molecule has 1 heterocycles. The van der Waals surface area contributed by atoms with E-state index < -0.39 is 26.4 Å². The summed E-state index contributed by atoms with van der Waals surface area (Å²) in [6.07, 6.45) is -0.931. The van der Waals surface area contributed by atoms with Crippen LogP contribution in [0.5, 0.6) is 17.2 Å². The van der Waals surface area contributed by atoms with E-state index in [4.69, 9.17) is 14.2 Å². The van der Waals surface area contributed by atoms with E-state index in [1.807, 2.05) is 13.8 Å². The molecule has 6 nitrogen and oxygen atoms in total. The molecule has 1 aliphatic heterocycles. The topological polar surface area (TPSA) is 82.1 Å². The smallest absolute Gasteiger partial charge is 0.210 e. The molecule has 2 aromatic carbocycles. The minimum absolute atomic E-state index is 0.0315. The molecular weight excluding hydrogens is 436 g/mol. The van der Waals surface area contributed by atoms with E-state index in [-0.39, 0.29) is 15.5 Å². The molecule has 146 valence electrons. The summed E-state index contributed by atoms with van der Waals surface area (Å²) in [6.45, 7) is 3.68. The standard InChI is InChI=1S/C19H21BrO6S/c1-19(2)18(20)17(21)13-9-16(15(25-4)10-14(13)26-19)27(22,23)12-7-5-11(24-3)6-8-12/h5-10,17-18,21H,1-4H3. The maximum absolute atomic E-state index is 13.2. The van der Waals surface area contributed by atoms with E-state index in [0.29, 0.717) is 17.1 Å². The normalized spacial score (nSPS) is 21.1. The van der Waals surface area contributed by atoms with Gasteiger partial charge < -0.3 is 19.3 Å². The number of benzene rings is 2. The van der Waals surface area contributed by atoms with Crippen LogP contribution in [0.1, 0.15) is 25.5 Å². The zero-order valence-corrected chi connectivity index (χ0v) is 17.8. The van der Waals surface area contributed by atoms with Crippen LogP contribution in [0.4, 0.5) is 0 Å². The van der Waals surface area contributed by atoms with Crippen LogP contribution in [0.15, 0.2) is 46.2 Å². The van der Waals surface area contributed by atoms with Crippen LogP contribution in [-0.4, -0.2) is 38.2 Å². The lowest BCUT2D eigenvalue weighted by Crippen LogP contribution is -2.45. The first-order valence-corrected chi connectivity index (χ1v) is 10.6. The highest BCUT2D eigenvalue weighted by molar-refractivity contribution is 9.09. The average molecular weight is 457 g/mol. The van der Waals surface area contributed by atoms with E-state index in [1.165, 1.54) is 38.5 Å². The molecule has 3 rings (SSSR count). The number of methoxy groups -OCH3 is 2. The summed E-state index contributed by atoms with van der Waals surface area (Å²) in [5.74, 6) is 1.11. The largest absolute Gasteiger partial charge is 0.497 e. The molecule has 0 amide bonds. The molecule has 1 N–H and O–H groups in total. The zero-order chi connectivity index (χ0) is 20.0. The van der Waals surface area contributed by atoms with Crippen LogP contribution >= 0.6 is 15.9 Å². The Balaban J connectivity index is 2.16. The highest BCUT2D eigenvalue weighted by atomic mass is 79.9. The van der Waals surface area contributed by atoms with Gasteiger partial charge in [-0.3, -0.25) is 0 Å². The predicted molar refractivity (Wildman–Crippen MR) is 104 cm³/mol. The van der Waals surface area contributed by atoms with Gasteiger partial charge in [0, 0.05) is 11.6 Å². The summed E-state index contributed by atoms with van der Waals surface area (Å²) >= 11 is 3.45. The molecule has 27 heavy (non-hydrogen) atoms. The van der Waals surface area contributed by atoms with Crippen molar-refractivity contribution in [3.63, 3.8) is 0 Å². The Kier molecular flexibility index (Phi) is 5.18. The highest BCUT2D eigenvalue weighted by Gasteiger charge is 2.43. The molecule has 0 saturated carbocycles. The maximum atomic E-state index is 13.2. The summed E-state index contributed by atoms with van der Waals surface area (Å²) in [5, 5.41) is 10.7. The van der Waals surface area contributed by atoms with Crippen LogP contribution in [0, 0.1) is 0 Å². The Labute approximate surface area is 167 Å². The van der Waals surface area contributed by atoms with E-state index in [1.54, 1.807) is 12.1 Å². The number of halogens is 1. The van der Waals surface area contributed by atoms with Crippen molar-refractivity contribution in [2.75, 3.05) is 14.2 Å². The van der Waals surface area contributed by atoms with Crippen molar-refractivity contribution in [2.24, 2.45) is 0 Å². The minimum atomic E-state index is -3.87. The second-order valence-electron chi connectivity index (χ2n) is 6.77. The van der Waals surface area contributed by atoms with Gasteiger partial charge in [0.05, 0.1) is 30.0 Å². The van der Waals surface area contributed by atoms with Crippen molar-refractivity contribution < 1.29 is 27.7 Å². The molecule has 8 heteroatoms. The molecule has 0 spiro atoms. The first-order chi connectivity index (χ1) is 12.6. The summed E-state index contributed by atoms with van der Waals surface area (Å²) < 4.78 is 42.7. The summed E-state index contributed by atoms with van der Waals surface area (Å²) in [7, 11) is -0.968. The molecule has 0 aromatic heterocycles. The number of aliphatic hydroxyl groups excluding tert-OH is 1. The van der Waals surface area contributed by atoms with Gasteiger partial charge in [-0.1, -0.05) is 15.9 Å². The summed E-state index contributed by atoms with van der Waals surface area (Å²) in [6, 6.07) is 9.02. The van der Waals surface area contributed by atoms with Gasteiger partial charge in [0.2, 0.25) is 9.84 Å². The van der Waals surface area contributed by atoms with Crippen molar-refractivity contribution >= 4 is 25.8 Å². The van der Waals surface area contributed by atoms with E-state index in [0.717, 1.165) is 0 Å². The molecular formula is C19H21BrO6S. The summed E-state index contributed by atoms with van der Waals surface area (Å²) in [5.41, 5.74) is -0.280. The lowest BCUT2D eigenvalue weighted by Gasteiger charge is -2.40. The second-order valence-corrected chi connectivity index (χ2v) is 9.68. The fourth-order valence-electron chi connectivity index (χ4n) is 3.01. The van der Waals surface area contributed by atoms with Crippen molar-refractivity contribution in [3.8, 4) is 17.2 Å². The first kappa shape index (κ1) is 20.0. The fourth-order valence-corrected chi connectivity index (χ4v) is 4.82. The fraction of sp³-hybridized carbons (Fsp3) is 0.368. The molecule has 2 aromatic rings. The van der Waals surface area contributed by atoms with E-state index >= 15 is 0 Å². The molecule has 0 fully saturated rings. The van der Waals surface area contributed by atoms with Gasteiger partial charge in [0.25, 0.3) is 0 Å². The Morgan fingerprint density at radius 2 is 1.74 bits per heavy atom. The molecule has 0 bridgehead atoms. The number of ether oxygens (including phenoxy) is 3. The van der Waals surface area contributed by atoms with Gasteiger partial charge in [0.1, 0.15) is 27.7 Å². The van der Waals surface area contributed by atoms with Gasteiger partial charge in [-0.15, -0.1) is 0 Å². The molecule has 0 radical (unpaired) electrons. The SMILES string of the molecule is COc1ccc(S(=O)(=O)c2cc3c(cc2OC)OC(C)(C)C(Br)C3O)cc1. The number of fused-ring (bicyclic) bond motifs is 1. The van der Waals surface area contributed by atoms with Crippen molar-refractivity contribution in [2.45, 2.75) is 40.2 Å². The Morgan fingerprint density at radius 3 is 2.30 bits per heavy atom. The quantitative estimate of drug-likeness (QED) is 0.708. The number of hydrogen-bond acceptors (Lipinski definition) is 6. The number of rotatable bonds is 4. The number of sulfone groups is 1. The zero-order valence-electron chi connectivity index (χ0n) is 15.4. The van der Waals surface area contributed by atoms with Crippen LogP contribution in [0.25, 0.3) is 0 Å². The van der Waals surface area contributed by atoms with Gasteiger partial charge in [-0.25, -0.2) is 8.42 Å². The summed E-state index contributed by atoms with van der Waals surface area (Å²) in [4.78, 5) is -0.332. The first-order valence-electron chi connectivity index (χ1n) is 8.24. The van der Waals surface area contributed by atoms with Crippen molar-refractivity contribution in [1.82, 2.24) is 0 Å². The molecule has 0 aliphatic carbocycles. The second kappa shape index (κ2) is 7.00. The van der Waals surface area contributed by atoms with Crippen molar-refractivity contribution in [3.05, 3.63) is 42.0 Å². The number of hydrogen-bond donors (Lipinski definition) is 1. The average Bonchev–Trinajstić information content (AvgIpc) is 2.65. The molecule has 0 saturated heterocycles. The van der Waals surface area contributed by atoms with Crippen LogP contribution in [-0.2, 0) is 9.84 Å². The van der Waals surface area contributed by atoms with Gasteiger partial charge in [0.15, 0.2) is 0 Å². The van der Waals surface area contributed by atoms with Crippen LogP contribution in [0.2, 0.25) is 0 Å². The minimum Gasteiger partial charge on any atom is -0.497 e.